The van der Waals surface area contributed by atoms with Crippen molar-refractivity contribution in [2.45, 2.75) is 32.2 Å². The van der Waals surface area contributed by atoms with E-state index in [2.05, 4.69) is 0 Å². The predicted molar refractivity (Wildman–Crippen MR) is 53.2 cm³/mol. The predicted octanol–water partition coefficient (Wildman–Crippen LogP) is 3.07. The molecule has 0 aliphatic carbocycles. The number of hydrogen-bond donors (Lipinski definition) is 1. The second kappa shape index (κ2) is 4.74. The minimum atomic E-state index is -4.68. The first-order valence-corrected chi connectivity index (χ1v) is 4.82. The van der Waals surface area contributed by atoms with E-state index >= 15 is 0 Å². The van der Waals surface area contributed by atoms with Crippen LogP contribution in [0.4, 0.5) is 13.2 Å². The van der Waals surface area contributed by atoms with E-state index < -0.39 is 12.3 Å². The highest BCUT2D eigenvalue weighted by Gasteiger charge is 2.40. The summed E-state index contributed by atoms with van der Waals surface area (Å²) in [5.41, 5.74) is -0.260. The average Bonchev–Trinajstić information content (AvgIpc) is 2.15. The SMILES string of the molecule is CC(C)Oc1ccccc1C(O)C(F)(F)F. The molecule has 0 fully saturated rings. The lowest BCUT2D eigenvalue weighted by atomic mass is 10.1. The Labute approximate surface area is 91.7 Å². The number of hydrogen-bond acceptors (Lipinski definition) is 2. The number of benzene rings is 1. The molecule has 0 aliphatic rings. The zero-order valence-electron chi connectivity index (χ0n) is 8.95. The van der Waals surface area contributed by atoms with Crippen LogP contribution in [0.2, 0.25) is 0 Å². The summed E-state index contributed by atoms with van der Waals surface area (Å²) in [5, 5.41) is 9.15. The van der Waals surface area contributed by atoms with Gasteiger partial charge in [-0.1, -0.05) is 18.2 Å². The maximum absolute atomic E-state index is 12.3. The topological polar surface area (TPSA) is 29.5 Å². The lowest BCUT2D eigenvalue weighted by Crippen LogP contribution is -2.21. The summed E-state index contributed by atoms with van der Waals surface area (Å²) in [4.78, 5) is 0. The summed E-state index contributed by atoms with van der Waals surface area (Å²) in [6, 6.07) is 5.60. The standard InChI is InChI=1S/C11H13F3O2/c1-7(2)16-9-6-4-3-5-8(9)10(15)11(12,13)14/h3-7,10,15H,1-2H3. The molecule has 0 saturated carbocycles. The molecule has 0 bridgehead atoms. The summed E-state index contributed by atoms with van der Waals surface area (Å²) < 4.78 is 42.2. The summed E-state index contributed by atoms with van der Waals surface area (Å²) in [5.74, 6) is 0.0577. The van der Waals surface area contributed by atoms with Gasteiger partial charge in [0.15, 0.2) is 6.10 Å². The van der Waals surface area contributed by atoms with E-state index in [1.54, 1.807) is 19.9 Å². The first-order valence-electron chi connectivity index (χ1n) is 4.82. The molecule has 0 heterocycles. The van der Waals surface area contributed by atoms with Crippen molar-refractivity contribution < 1.29 is 23.0 Å². The number of aliphatic hydroxyl groups is 1. The third kappa shape index (κ3) is 3.13. The van der Waals surface area contributed by atoms with Gasteiger partial charge in [0.25, 0.3) is 0 Å². The van der Waals surface area contributed by atoms with Crippen LogP contribution in [-0.4, -0.2) is 17.4 Å². The van der Waals surface area contributed by atoms with Crippen LogP contribution >= 0.6 is 0 Å². The van der Waals surface area contributed by atoms with Crippen molar-refractivity contribution in [1.29, 1.82) is 0 Å². The van der Waals surface area contributed by atoms with Crippen LogP contribution < -0.4 is 4.74 Å². The third-order valence-corrected chi connectivity index (χ3v) is 1.89. The van der Waals surface area contributed by atoms with Crippen LogP contribution in [-0.2, 0) is 0 Å². The van der Waals surface area contributed by atoms with Gasteiger partial charge in [-0.25, -0.2) is 0 Å². The largest absolute Gasteiger partial charge is 0.491 e. The van der Waals surface area contributed by atoms with E-state index in [4.69, 9.17) is 9.84 Å². The van der Waals surface area contributed by atoms with Crippen molar-refractivity contribution >= 4 is 0 Å². The molecule has 5 heteroatoms. The Bertz CT molecular complexity index is 347. The third-order valence-electron chi connectivity index (χ3n) is 1.89. The second-order valence-electron chi connectivity index (χ2n) is 3.65. The molecule has 0 aromatic heterocycles. The zero-order chi connectivity index (χ0) is 12.3. The molecule has 1 atom stereocenters. The summed E-state index contributed by atoms with van der Waals surface area (Å²) in [6.45, 7) is 3.41. The molecular formula is C11H13F3O2. The van der Waals surface area contributed by atoms with Gasteiger partial charge in [0, 0.05) is 5.56 Å². The molecule has 0 spiro atoms. The number of halogens is 3. The van der Waals surface area contributed by atoms with Crippen molar-refractivity contribution in [3.05, 3.63) is 29.8 Å². The summed E-state index contributed by atoms with van der Waals surface area (Å²) >= 11 is 0. The Kier molecular flexibility index (Phi) is 3.80. The van der Waals surface area contributed by atoms with Gasteiger partial charge in [-0.15, -0.1) is 0 Å². The van der Waals surface area contributed by atoms with Gasteiger partial charge in [0.05, 0.1) is 6.10 Å². The van der Waals surface area contributed by atoms with E-state index in [1.165, 1.54) is 18.2 Å². The van der Waals surface area contributed by atoms with E-state index in [-0.39, 0.29) is 17.4 Å². The van der Waals surface area contributed by atoms with Gasteiger partial charge in [0.1, 0.15) is 5.75 Å². The van der Waals surface area contributed by atoms with Gasteiger partial charge < -0.3 is 9.84 Å². The lowest BCUT2D eigenvalue weighted by Gasteiger charge is -2.19. The molecule has 1 unspecified atom stereocenters. The van der Waals surface area contributed by atoms with Gasteiger partial charge in [-0.3, -0.25) is 0 Å². The number of alkyl halides is 3. The van der Waals surface area contributed by atoms with Crippen LogP contribution in [0.25, 0.3) is 0 Å². The minimum absolute atomic E-state index is 0.0577. The molecule has 0 radical (unpaired) electrons. The molecule has 1 aromatic carbocycles. The van der Waals surface area contributed by atoms with Crippen molar-refractivity contribution in [1.82, 2.24) is 0 Å². The van der Waals surface area contributed by atoms with Crippen LogP contribution in [0.5, 0.6) is 5.75 Å². The van der Waals surface area contributed by atoms with Crippen molar-refractivity contribution in [2.75, 3.05) is 0 Å². The molecule has 0 saturated heterocycles. The molecule has 0 aliphatic heterocycles. The monoisotopic (exact) mass is 234 g/mol. The normalized spacial score (nSPS) is 13.9. The summed E-state index contributed by atoms with van der Waals surface area (Å²) in [7, 11) is 0. The van der Waals surface area contributed by atoms with Gasteiger partial charge in [-0.2, -0.15) is 13.2 Å². The highest BCUT2D eigenvalue weighted by molar-refractivity contribution is 5.35. The van der Waals surface area contributed by atoms with Crippen LogP contribution in [0.3, 0.4) is 0 Å². The van der Waals surface area contributed by atoms with E-state index in [0.29, 0.717) is 0 Å². The Morgan fingerprint density at radius 2 is 1.75 bits per heavy atom. The van der Waals surface area contributed by atoms with Crippen molar-refractivity contribution in [3.8, 4) is 5.75 Å². The number of para-hydroxylation sites is 1. The van der Waals surface area contributed by atoms with Crippen molar-refractivity contribution in [2.24, 2.45) is 0 Å². The Morgan fingerprint density at radius 1 is 1.19 bits per heavy atom. The molecule has 2 nitrogen and oxygen atoms in total. The Balaban J connectivity index is 3.03. The average molecular weight is 234 g/mol. The van der Waals surface area contributed by atoms with Crippen LogP contribution in [0.1, 0.15) is 25.5 Å². The quantitative estimate of drug-likeness (QED) is 0.870. The zero-order valence-corrected chi connectivity index (χ0v) is 8.95. The highest BCUT2D eigenvalue weighted by atomic mass is 19.4. The lowest BCUT2D eigenvalue weighted by molar-refractivity contribution is -0.207. The van der Waals surface area contributed by atoms with E-state index in [1.807, 2.05) is 0 Å². The Morgan fingerprint density at radius 3 is 2.25 bits per heavy atom. The molecule has 90 valence electrons. The second-order valence-corrected chi connectivity index (χ2v) is 3.65. The first-order chi connectivity index (χ1) is 7.32. The number of aliphatic hydroxyl groups excluding tert-OH is 1. The van der Waals surface area contributed by atoms with Gasteiger partial charge >= 0.3 is 6.18 Å². The van der Waals surface area contributed by atoms with E-state index in [0.717, 1.165) is 0 Å². The fourth-order valence-electron chi connectivity index (χ4n) is 1.24. The molecular weight excluding hydrogens is 221 g/mol. The number of ether oxygens (including phenoxy) is 1. The fraction of sp³-hybridized carbons (Fsp3) is 0.455. The first kappa shape index (κ1) is 12.8. The smallest absolute Gasteiger partial charge is 0.418 e. The fourth-order valence-corrected chi connectivity index (χ4v) is 1.24. The van der Waals surface area contributed by atoms with Gasteiger partial charge in [0.2, 0.25) is 0 Å². The molecule has 1 aromatic rings. The highest BCUT2D eigenvalue weighted by Crippen LogP contribution is 2.37. The molecule has 0 amide bonds. The number of rotatable bonds is 3. The molecule has 1 rings (SSSR count). The maximum Gasteiger partial charge on any atom is 0.418 e. The van der Waals surface area contributed by atoms with E-state index in [9.17, 15) is 13.2 Å². The van der Waals surface area contributed by atoms with Crippen LogP contribution in [0, 0.1) is 0 Å². The van der Waals surface area contributed by atoms with Gasteiger partial charge in [-0.05, 0) is 19.9 Å². The Hall–Kier alpha value is -1.23. The summed E-state index contributed by atoms with van der Waals surface area (Å²) in [6.07, 6.45) is -7.44. The maximum atomic E-state index is 12.3. The minimum Gasteiger partial charge on any atom is -0.491 e. The van der Waals surface area contributed by atoms with Crippen LogP contribution in [0.15, 0.2) is 24.3 Å². The van der Waals surface area contributed by atoms with Crippen molar-refractivity contribution in [3.63, 3.8) is 0 Å². The molecule has 16 heavy (non-hydrogen) atoms. The molecule has 1 N–H and O–H groups in total.